The van der Waals surface area contributed by atoms with Gasteiger partial charge in [-0.25, -0.2) is 0 Å². The van der Waals surface area contributed by atoms with E-state index in [1.165, 1.54) is 61.8 Å². The molecule has 0 spiro atoms. The number of nitrogens with one attached hydrogen (secondary N) is 2. The van der Waals surface area contributed by atoms with E-state index < -0.39 is 0 Å². The van der Waals surface area contributed by atoms with Crippen LogP contribution in [0.15, 0.2) is 30.5 Å². The van der Waals surface area contributed by atoms with Gasteiger partial charge in [-0.05, 0) is 56.9 Å². The molecule has 0 aliphatic carbocycles. The molecule has 2 aliphatic heterocycles. The normalized spacial score (nSPS) is 25.5. The van der Waals surface area contributed by atoms with E-state index in [1.807, 2.05) is 0 Å². The number of hydrogen-bond donors (Lipinski definition) is 2. The highest BCUT2D eigenvalue weighted by Gasteiger charge is 2.33. The predicted octanol–water partition coefficient (Wildman–Crippen LogP) is 3.06. The van der Waals surface area contributed by atoms with Gasteiger partial charge in [0.15, 0.2) is 0 Å². The van der Waals surface area contributed by atoms with Crippen LogP contribution in [0.4, 0.5) is 0 Å². The largest absolute Gasteiger partial charge is 0.361 e. The standard InChI is InChI=1S/C17H23N3/c1-2-7-15-13(6-1)14(12-19-15)17(16-8-5-9-18-16)20-10-3-4-11-20/h1-2,6-7,12,16-19H,3-5,8-11H2. The lowest BCUT2D eigenvalue weighted by molar-refractivity contribution is 0.203. The van der Waals surface area contributed by atoms with Crippen LogP contribution in [-0.4, -0.2) is 35.6 Å². The highest BCUT2D eigenvalue weighted by Crippen LogP contribution is 2.35. The van der Waals surface area contributed by atoms with Gasteiger partial charge in [0, 0.05) is 23.1 Å². The first-order valence-corrected chi connectivity index (χ1v) is 7.97. The van der Waals surface area contributed by atoms with Gasteiger partial charge in [-0.3, -0.25) is 4.90 Å². The van der Waals surface area contributed by atoms with Crippen LogP contribution in [0.25, 0.3) is 10.9 Å². The third kappa shape index (κ3) is 2.05. The Morgan fingerprint density at radius 3 is 2.75 bits per heavy atom. The average Bonchev–Trinajstić information content (AvgIpc) is 3.22. The minimum absolute atomic E-state index is 0.538. The fourth-order valence-electron chi connectivity index (χ4n) is 4.01. The first-order chi connectivity index (χ1) is 9.93. The molecule has 3 heterocycles. The maximum atomic E-state index is 3.73. The smallest absolute Gasteiger partial charge is 0.0522 e. The van der Waals surface area contributed by atoms with Gasteiger partial charge in [-0.15, -0.1) is 0 Å². The van der Waals surface area contributed by atoms with Crippen molar-refractivity contribution in [3.05, 3.63) is 36.0 Å². The zero-order valence-electron chi connectivity index (χ0n) is 11.9. The lowest BCUT2D eigenvalue weighted by atomic mass is 9.96. The summed E-state index contributed by atoms with van der Waals surface area (Å²) in [5.74, 6) is 0. The zero-order valence-corrected chi connectivity index (χ0v) is 11.9. The fourth-order valence-corrected chi connectivity index (χ4v) is 4.01. The number of fused-ring (bicyclic) bond motifs is 1. The van der Waals surface area contributed by atoms with Crippen LogP contribution >= 0.6 is 0 Å². The Hall–Kier alpha value is -1.32. The van der Waals surface area contributed by atoms with Crippen molar-refractivity contribution < 1.29 is 0 Å². The second-order valence-electron chi connectivity index (χ2n) is 6.18. The molecule has 0 saturated carbocycles. The van der Waals surface area contributed by atoms with Gasteiger partial charge in [0.25, 0.3) is 0 Å². The molecule has 0 radical (unpaired) electrons. The Labute approximate surface area is 120 Å². The van der Waals surface area contributed by atoms with Crippen molar-refractivity contribution in [2.24, 2.45) is 0 Å². The van der Waals surface area contributed by atoms with Crippen LogP contribution < -0.4 is 5.32 Å². The van der Waals surface area contributed by atoms with E-state index in [4.69, 9.17) is 0 Å². The van der Waals surface area contributed by atoms with E-state index in [2.05, 4.69) is 45.7 Å². The molecule has 2 saturated heterocycles. The summed E-state index contributed by atoms with van der Waals surface area (Å²) in [6.45, 7) is 3.68. The van der Waals surface area contributed by atoms with E-state index in [0.29, 0.717) is 12.1 Å². The molecule has 2 aromatic rings. The van der Waals surface area contributed by atoms with Crippen molar-refractivity contribution in [1.82, 2.24) is 15.2 Å². The second kappa shape index (κ2) is 5.23. The van der Waals surface area contributed by atoms with Crippen molar-refractivity contribution in [2.45, 2.75) is 37.8 Å². The number of benzene rings is 1. The van der Waals surface area contributed by atoms with Gasteiger partial charge in [-0.2, -0.15) is 0 Å². The van der Waals surface area contributed by atoms with Gasteiger partial charge in [-0.1, -0.05) is 18.2 Å². The number of rotatable bonds is 3. The summed E-state index contributed by atoms with van der Waals surface area (Å²) in [5, 5.41) is 5.13. The number of hydrogen-bond acceptors (Lipinski definition) is 2. The lowest BCUT2D eigenvalue weighted by Gasteiger charge is -2.32. The quantitative estimate of drug-likeness (QED) is 0.897. The molecule has 1 aromatic heterocycles. The monoisotopic (exact) mass is 269 g/mol. The molecule has 2 unspecified atom stereocenters. The van der Waals surface area contributed by atoms with Crippen molar-refractivity contribution in [2.75, 3.05) is 19.6 Å². The van der Waals surface area contributed by atoms with Crippen LogP contribution in [-0.2, 0) is 0 Å². The van der Waals surface area contributed by atoms with E-state index >= 15 is 0 Å². The molecule has 3 nitrogen and oxygen atoms in total. The third-order valence-corrected chi connectivity index (χ3v) is 4.95. The number of nitrogens with zero attached hydrogens (tertiary/aromatic N) is 1. The summed E-state index contributed by atoms with van der Waals surface area (Å²) in [6, 6.07) is 9.87. The van der Waals surface area contributed by atoms with Crippen LogP contribution in [0, 0.1) is 0 Å². The molecule has 2 aliphatic rings. The first kappa shape index (κ1) is 12.4. The SMILES string of the molecule is c1ccc2c(C(C3CCCN3)N3CCCC3)c[nH]c2c1. The van der Waals surface area contributed by atoms with E-state index in [0.717, 1.165) is 0 Å². The van der Waals surface area contributed by atoms with Crippen LogP contribution in [0.2, 0.25) is 0 Å². The van der Waals surface area contributed by atoms with E-state index in [-0.39, 0.29) is 0 Å². The maximum Gasteiger partial charge on any atom is 0.0522 e. The highest BCUT2D eigenvalue weighted by atomic mass is 15.2. The second-order valence-corrected chi connectivity index (χ2v) is 6.18. The van der Waals surface area contributed by atoms with Crippen LogP contribution in [0.1, 0.15) is 37.3 Å². The molecule has 20 heavy (non-hydrogen) atoms. The van der Waals surface area contributed by atoms with Crippen LogP contribution in [0.5, 0.6) is 0 Å². The van der Waals surface area contributed by atoms with Crippen molar-refractivity contribution in [3.8, 4) is 0 Å². The highest BCUT2D eigenvalue weighted by molar-refractivity contribution is 5.83. The molecule has 0 bridgehead atoms. The van der Waals surface area contributed by atoms with Gasteiger partial charge in [0.2, 0.25) is 0 Å². The summed E-state index contributed by atoms with van der Waals surface area (Å²) < 4.78 is 0. The minimum Gasteiger partial charge on any atom is -0.361 e. The van der Waals surface area contributed by atoms with Gasteiger partial charge in [0.1, 0.15) is 0 Å². The van der Waals surface area contributed by atoms with Crippen molar-refractivity contribution in [1.29, 1.82) is 0 Å². The molecule has 2 fully saturated rings. The van der Waals surface area contributed by atoms with Crippen LogP contribution in [0.3, 0.4) is 0 Å². The summed E-state index contributed by atoms with van der Waals surface area (Å²) >= 11 is 0. The molecule has 2 N–H and O–H groups in total. The molecular weight excluding hydrogens is 246 g/mol. The Morgan fingerprint density at radius 2 is 1.95 bits per heavy atom. The Bertz CT molecular complexity index is 561. The maximum absolute atomic E-state index is 3.73. The Kier molecular flexibility index (Phi) is 3.25. The number of H-pyrrole nitrogens is 1. The summed E-state index contributed by atoms with van der Waals surface area (Å²) in [5.41, 5.74) is 2.76. The lowest BCUT2D eigenvalue weighted by Crippen LogP contribution is -2.39. The zero-order chi connectivity index (χ0) is 13.4. The number of aromatic nitrogens is 1. The third-order valence-electron chi connectivity index (χ3n) is 4.95. The van der Waals surface area contributed by atoms with E-state index in [9.17, 15) is 0 Å². The Balaban J connectivity index is 1.76. The van der Waals surface area contributed by atoms with Gasteiger partial charge < -0.3 is 10.3 Å². The number of para-hydroxylation sites is 1. The van der Waals surface area contributed by atoms with Gasteiger partial charge in [0.05, 0.1) is 6.04 Å². The number of aromatic amines is 1. The molecule has 106 valence electrons. The summed E-state index contributed by atoms with van der Waals surface area (Å²) in [6.07, 6.45) is 7.57. The molecule has 3 heteroatoms. The molecule has 1 aromatic carbocycles. The Morgan fingerprint density at radius 1 is 1.10 bits per heavy atom. The van der Waals surface area contributed by atoms with Crippen molar-refractivity contribution in [3.63, 3.8) is 0 Å². The topological polar surface area (TPSA) is 31.1 Å². The molecular formula is C17H23N3. The average molecular weight is 269 g/mol. The minimum atomic E-state index is 0.538. The predicted molar refractivity (Wildman–Crippen MR) is 82.9 cm³/mol. The first-order valence-electron chi connectivity index (χ1n) is 7.97. The number of likely N-dealkylation sites (tertiary alicyclic amines) is 1. The van der Waals surface area contributed by atoms with Gasteiger partial charge >= 0.3 is 0 Å². The summed E-state index contributed by atoms with van der Waals surface area (Å²) in [7, 11) is 0. The molecule has 0 amide bonds. The molecule has 2 atom stereocenters. The summed E-state index contributed by atoms with van der Waals surface area (Å²) in [4.78, 5) is 6.15. The fraction of sp³-hybridized carbons (Fsp3) is 0.529. The molecule has 4 rings (SSSR count). The van der Waals surface area contributed by atoms with E-state index in [1.54, 1.807) is 0 Å². The van der Waals surface area contributed by atoms with Crippen molar-refractivity contribution >= 4 is 10.9 Å².